The molecular formula is C17H14N2OS. The SMILES string of the molecule is CSc1nc2ccccc2n1C(=O)/C=C/c1ccccc1. The zero-order valence-corrected chi connectivity index (χ0v) is 12.4. The van der Waals surface area contributed by atoms with E-state index in [1.54, 1.807) is 10.6 Å². The predicted octanol–water partition coefficient (Wildman–Crippen LogP) is 4.11. The Hall–Kier alpha value is -2.33. The lowest BCUT2D eigenvalue weighted by molar-refractivity contribution is 0.0965. The van der Waals surface area contributed by atoms with E-state index < -0.39 is 0 Å². The third-order valence-corrected chi connectivity index (χ3v) is 3.79. The standard InChI is InChI=1S/C17H14N2OS/c1-21-17-18-14-9-5-6-10-15(14)19(17)16(20)12-11-13-7-3-2-4-8-13/h2-12H,1H3/b12-11+. The van der Waals surface area contributed by atoms with Crippen LogP contribution in [-0.2, 0) is 0 Å². The van der Waals surface area contributed by atoms with Crippen molar-refractivity contribution in [2.24, 2.45) is 0 Å². The van der Waals surface area contributed by atoms with Crippen molar-refractivity contribution in [3.05, 3.63) is 66.2 Å². The van der Waals surface area contributed by atoms with Crippen LogP contribution in [0.4, 0.5) is 0 Å². The van der Waals surface area contributed by atoms with Gasteiger partial charge >= 0.3 is 0 Å². The van der Waals surface area contributed by atoms with Crippen LogP contribution in [0.1, 0.15) is 10.4 Å². The van der Waals surface area contributed by atoms with E-state index in [0.29, 0.717) is 5.16 Å². The lowest BCUT2D eigenvalue weighted by Crippen LogP contribution is -2.08. The number of fused-ring (bicyclic) bond motifs is 1. The molecule has 3 rings (SSSR count). The molecule has 0 aliphatic heterocycles. The van der Waals surface area contributed by atoms with Crippen LogP contribution in [0.5, 0.6) is 0 Å². The minimum absolute atomic E-state index is 0.0862. The molecule has 0 saturated carbocycles. The highest BCUT2D eigenvalue weighted by Crippen LogP contribution is 2.22. The number of carbonyl (C=O) groups is 1. The van der Waals surface area contributed by atoms with E-state index in [9.17, 15) is 4.79 Å². The van der Waals surface area contributed by atoms with Crippen molar-refractivity contribution in [1.29, 1.82) is 0 Å². The van der Waals surface area contributed by atoms with Gasteiger partial charge in [0.15, 0.2) is 5.16 Å². The number of hydrogen-bond donors (Lipinski definition) is 0. The van der Waals surface area contributed by atoms with Gasteiger partial charge in [-0.2, -0.15) is 0 Å². The highest BCUT2D eigenvalue weighted by atomic mass is 32.2. The number of hydrogen-bond acceptors (Lipinski definition) is 3. The maximum absolute atomic E-state index is 12.5. The molecule has 0 atom stereocenters. The van der Waals surface area contributed by atoms with Crippen LogP contribution in [0.3, 0.4) is 0 Å². The second kappa shape index (κ2) is 5.97. The van der Waals surface area contributed by atoms with E-state index in [-0.39, 0.29) is 5.91 Å². The van der Waals surface area contributed by atoms with Crippen LogP contribution >= 0.6 is 11.8 Å². The van der Waals surface area contributed by atoms with Crippen molar-refractivity contribution in [1.82, 2.24) is 9.55 Å². The van der Waals surface area contributed by atoms with E-state index in [1.165, 1.54) is 11.8 Å². The second-order valence-electron chi connectivity index (χ2n) is 4.50. The van der Waals surface area contributed by atoms with Crippen LogP contribution in [-0.4, -0.2) is 21.7 Å². The number of rotatable bonds is 3. The number of nitrogens with zero attached hydrogens (tertiary/aromatic N) is 2. The molecule has 2 aromatic carbocycles. The van der Waals surface area contributed by atoms with E-state index in [1.807, 2.05) is 66.9 Å². The van der Waals surface area contributed by atoms with Crippen LogP contribution in [0, 0.1) is 0 Å². The molecule has 0 N–H and O–H groups in total. The molecule has 21 heavy (non-hydrogen) atoms. The Balaban J connectivity index is 2.00. The Morgan fingerprint density at radius 3 is 2.57 bits per heavy atom. The van der Waals surface area contributed by atoms with Gasteiger partial charge in [-0.3, -0.25) is 9.36 Å². The molecule has 0 spiro atoms. The largest absolute Gasteiger partial charge is 0.269 e. The molecule has 4 heteroatoms. The Morgan fingerprint density at radius 2 is 1.81 bits per heavy atom. The van der Waals surface area contributed by atoms with Gasteiger partial charge in [0, 0.05) is 6.08 Å². The summed E-state index contributed by atoms with van der Waals surface area (Å²) in [5.74, 6) is -0.0862. The number of benzene rings is 2. The highest BCUT2D eigenvalue weighted by molar-refractivity contribution is 7.98. The number of para-hydroxylation sites is 2. The molecule has 0 fully saturated rings. The van der Waals surface area contributed by atoms with Gasteiger partial charge in [-0.05, 0) is 30.0 Å². The quantitative estimate of drug-likeness (QED) is 0.538. The molecule has 3 nitrogen and oxygen atoms in total. The maximum atomic E-state index is 12.5. The molecule has 1 heterocycles. The summed E-state index contributed by atoms with van der Waals surface area (Å²) in [6, 6.07) is 17.4. The second-order valence-corrected chi connectivity index (χ2v) is 5.28. The summed E-state index contributed by atoms with van der Waals surface area (Å²) in [5, 5.41) is 0.707. The fourth-order valence-electron chi connectivity index (χ4n) is 2.16. The van der Waals surface area contributed by atoms with Crippen molar-refractivity contribution >= 4 is 34.8 Å². The van der Waals surface area contributed by atoms with E-state index in [0.717, 1.165) is 16.6 Å². The monoisotopic (exact) mass is 294 g/mol. The van der Waals surface area contributed by atoms with Crippen molar-refractivity contribution < 1.29 is 4.79 Å². The van der Waals surface area contributed by atoms with Crippen LogP contribution in [0.2, 0.25) is 0 Å². The number of aromatic nitrogens is 2. The van der Waals surface area contributed by atoms with Crippen molar-refractivity contribution in [3.8, 4) is 0 Å². The lowest BCUT2D eigenvalue weighted by Gasteiger charge is -2.02. The normalized spacial score (nSPS) is 11.3. The molecule has 0 aliphatic rings. The summed E-state index contributed by atoms with van der Waals surface area (Å²) in [4.78, 5) is 17.0. The van der Waals surface area contributed by atoms with Crippen molar-refractivity contribution in [3.63, 3.8) is 0 Å². The average molecular weight is 294 g/mol. The molecule has 0 radical (unpaired) electrons. The molecule has 0 saturated heterocycles. The Bertz CT molecular complexity index is 806. The number of thioether (sulfide) groups is 1. The maximum Gasteiger partial charge on any atom is 0.257 e. The summed E-state index contributed by atoms with van der Waals surface area (Å²) in [5.41, 5.74) is 2.67. The van der Waals surface area contributed by atoms with Gasteiger partial charge in [0.25, 0.3) is 5.91 Å². The third-order valence-electron chi connectivity index (χ3n) is 3.15. The fourth-order valence-corrected chi connectivity index (χ4v) is 2.72. The van der Waals surface area contributed by atoms with Crippen molar-refractivity contribution in [2.45, 2.75) is 5.16 Å². The first kappa shape index (κ1) is 13.6. The highest BCUT2D eigenvalue weighted by Gasteiger charge is 2.13. The average Bonchev–Trinajstić information content (AvgIpc) is 2.92. The Kier molecular flexibility index (Phi) is 3.88. The van der Waals surface area contributed by atoms with E-state index >= 15 is 0 Å². The zero-order valence-electron chi connectivity index (χ0n) is 11.6. The molecule has 0 amide bonds. The fraction of sp³-hybridized carbons (Fsp3) is 0.0588. The van der Waals surface area contributed by atoms with Gasteiger partial charge in [0.1, 0.15) is 0 Å². The van der Waals surface area contributed by atoms with Gasteiger partial charge in [0.2, 0.25) is 0 Å². The molecule has 3 aromatic rings. The first-order valence-corrected chi connectivity index (χ1v) is 7.81. The molecule has 0 unspecified atom stereocenters. The van der Waals surface area contributed by atoms with Gasteiger partial charge < -0.3 is 0 Å². The molecule has 0 aliphatic carbocycles. The Morgan fingerprint density at radius 1 is 1.10 bits per heavy atom. The van der Waals surface area contributed by atoms with E-state index in [4.69, 9.17) is 0 Å². The first-order chi connectivity index (χ1) is 10.3. The predicted molar refractivity (Wildman–Crippen MR) is 87.6 cm³/mol. The van der Waals surface area contributed by atoms with Gasteiger partial charge in [-0.15, -0.1) is 0 Å². The third kappa shape index (κ3) is 2.76. The zero-order chi connectivity index (χ0) is 14.7. The van der Waals surface area contributed by atoms with E-state index in [2.05, 4.69) is 4.98 Å². The van der Waals surface area contributed by atoms with Gasteiger partial charge in [-0.25, -0.2) is 4.98 Å². The topological polar surface area (TPSA) is 34.9 Å². The molecule has 1 aromatic heterocycles. The summed E-state index contributed by atoms with van der Waals surface area (Å²) >= 11 is 1.47. The molecule has 104 valence electrons. The summed E-state index contributed by atoms with van der Waals surface area (Å²) in [6.07, 6.45) is 5.33. The number of imidazole rings is 1. The Labute approximate surface area is 127 Å². The van der Waals surface area contributed by atoms with Gasteiger partial charge in [0.05, 0.1) is 11.0 Å². The smallest absolute Gasteiger partial charge is 0.257 e. The minimum atomic E-state index is -0.0862. The first-order valence-electron chi connectivity index (χ1n) is 6.58. The van der Waals surface area contributed by atoms with Crippen LogP contribution in [0.15, 0.2) is 65.8 Å². The van der Waals surface area contributed by atoms with Crippen LogP contribution < -0.4 is 0 Å². The summed E-state index contributed by atoms with van der Waals surface area (Å²) in [7, 11) is 0. The minimum Gasteiger partial charge on any atom is -0.269 e. The van der Waals surface area contributed by atoms with Gasteiger partial charge in [-0.1, -0.05) is 54.2 Å². The number of carbonyl (C=O) groups excluding carboxylic acids is 1. The molecule has 0 bridgehead atoms. The van der Waals surface area contributed by atoms with Crippen LogP contribution in [0.25, 0.3) is 17.1 Å². The lowest BCUT2D eigenvalue weighted by atomic mass is 10.2. The summed E-state index contributed by atoms with van der Waals surface area (Å²) < 4.78 is 1.65. The summed E-state index contributed by atoms with van der Waals surface area (Å²) in [6.45, 7) is 0. The number of allylic oxidation sites excluding steroid dienone is 1. The molecular weight excluding hydrogens is 280 g/mol. The van der Waals surface area contributed by atoms with Crippen molar-refractivity contribution in [2.75, 3.05) is 6.26 Å².